The van der Waals surface area contributed by atoms with Crippen molar-refractivity contribution in [3.63, 3.8) is 0 Å². The topological polar surface area (TPSA) is 50.8 Å². The van der Waals surface area contributed by atoms with Crippen molar-refractivity contribution < 1.29 is 14.3 Å². The molecular weight excluding hydrogens is 244 g/mol. The summed E-state index contributed by atoms with van der Waals surface area (Å²) < 4.78 is 11.0. The second-order valence-corrected chi connectivity index (χ2v) is 4.96. The number of nitrogens with one attached hydrogen (secondary N) is 1. The molecule has 1 aromatic rings. The van der Waals surface area contributed by atoms with Crippen molar-refractivity contribution in [1.82, 2.24) is 10.2 Å². The van der Waals surface area contributed by atoms with Crippen molar-refractivity contribution in [3.05, 3.63) is 23.8 Å². The maximum atomic E-state index is 12.4. The van der Waals surface area contributed by atoms with E-state index < -0.39 is 0 Å². The fourth-order valence-electron chi connectivity index (χ4n) is 2.48. The summed E-state index contributed by atoms with van der Waals surface area (Å²) in [6.07, 6.45) is 0. The molecule has 102 valence electrons. The number of amides is 1. The van der Waals surface area contributed by atoms with Gasteiger partial charge in [-0.15, -0.1) is 0 Å². The van der Waals surface area contributed by atoms with Gasteiger partial charge < -0.3 is 19.7 Å². The Morgan fingerprint density at radius 2 is 2.11 bits per heavy atom. The molecule has 2 aliphatic rings. The summed E-state index contributed by atoms with van der Waals surface area (Å²) in [6, 6.07) is 5.74. The van der Waals surface area contributed by atoms with Gasteiger partial charge in [0.25, 0.3) is 5.91 Å². The second kappa shape index (κ2) is 5.09. The van der Waals surface area contributed by atoms with Gasteiger partial charge in [-0.25, -0.2) is 0 Å². The fourth-order valence-corrected chi connectivity index (χ4v) is 2.48. The molecule has 2 aliphatic heterocycles. The Morgan fingerprint density at radius 1 is 1.32 bits per heavy atom. The van der Waals surface area contributed by atoms with Crippen molar-refractivity contribution in [1.29, 1.82) is 0 Å². The van der Waals surface area contributed by atoms with Crippen molar-refractivity contribution in [2.45, 2.75) is 13.0 Å². The minimum atomic E-state index is 0.0605. The number of hydrogen-bond donors (Lipinski definition) is 1. The number of rotatable bonds is 1. The van der Waals surface area contributed by atoms with E-state index in [1.807, 2.05) is 17.0 Å². The first-order chi connectivity index (χ1) is 9.24. The Balaban J connectivity index is 1.79. The van der Waals surface area contributed by atoms with E-state index in [9.17, 15) is 4.79 Å². The molecule has 0 spiro atoms. The minimum absolute atomic E-state index is 0.0605. The van der Waals surface area contributed by atoms with Crippen LogP contribution in [-0.4, -0.2) is 49.7 Å². The molecule has 0 saturated carbocycles. The zero-order chi connectivity index (χ0) is 13.2. The molecule has 5 nitrogen and oxygen atoms in total. The Labute approximate surface area is 112 Å². The van der Waals surface area contributed by atoms with E-state index >= 15 is 0 Å². The molecule has 1 atom stereocenters. The van der Waals surface area contributed by atoms with Gasteiger partial charge >= 0.3 is 0 Å². The van der Waals surface area contributed by atoms with Crippen LogP contribution in [0.25, 0.3) is 0 Å². The number of fused-ring (bicyclic) bond motifs is 1. The molecule has 0 aromatic heterocycles. The summed E-state index contributed by atoms with van der Waals surface area (Å²) in [6.45, 7) is 5.52. The van der Waals surface area contributed by atoms with Gasteiger partial charge in [-0.1, -0.05) is 0 Å². The summed E-state index contributed by atoms with van der Waals surface area (Å²) in [4.78, 5) is 14.3. The largest absolute Gasteiger partial charge is 0.486 e. The highest BCUT2D eigenvalue weighted by Gasteiger charge is 2.23. The van der Waals surface area contributed by atoms with Crippen molar-refractivity contribution in [2.24, 2.45) is 0 Å². The van der Waals surface area contributed by atoms with Crippen LogP contribution in [0.15, 0.2) is 18.2 Å². The Bertz CT molecular complexity index is 490. The quantitative estimate of drug-likeness (QED) is 0.816. The summed E-state index contributed by atoms with van der Waals surface area (Å²) >= 11 is 0. The second-order valence-electron chi connectivity index (χ2n) is 4.96. The summed E-state index contributed by atoms with van der Waals surface area (Å²) in [7, 11) is 0. The van der Waals surface area contributed by atoms with Crippen LogP contribution in [0.4, 0.5) is 0 Å². The zero-order valence-electron chi connectivity index (χ0n) is 11.0. The van der Waals surface area contributed by atoms with E-state index in [1.54, 1.807) is 6.07 Å². The molecule has 1 N–H and O–H groups in total. The van der Waals surface area contributed by atoms with Crippen LogP contribution in [0, 0.1) is 0 Å². The normalized spacial score (nSPS) is 22.2. The number of piperazine rings is 1. The maximum absolute atomic E-state index is 12.4. The predicted octanol–water partition coefficient (Wildman–Crippen LogP) is 0.892. The van der Waals surface area contributed by atoms with E-state index in [-0.39, 0.29) is 5.91 Å². The first kappa shape index (κ1) is 12.3. The van der Waals surface area contributed by atoms with Crippen LogP contribution < -0.4 is 14.8 Å². The molecule has 0 aliphatic carbocycles. The average Bonchev–Trinajstić information content (AvgIpc) is 2.46. The lowest BCUT2D eigenvalue weighted by atomic mass is 10.1. The third-order valence-electron chi connectivity index (χ3n) is 3.45. The van der Waals surface area contributed by atoms with E-state index in [4.69, 9.17) is 9.47 Å². The molecule has 1 aromatic carbocycles. The van der Waals surface area contributed by atoms with E-state index in [0.717, 1.165) is 25.4 Å². The van der Waals surface area contributed by atoms with Gasteiger partial charge in [0, 0.05) is 31.2 Å². The SMILES string of the molecule is CC1CN(C(=O)c2ccc3c(c2)OCCO3)CCN1. The van der Waals surface area contributed by atoms with E-state index in [1.165, 1.54) is 0 Å². The summed E-state index contributed by atoms with van der Waals surface area (Å²) in [5, 5.41) is 3.33. The van der Waals surface area contributed by atoms with E-state index in [2.05, 4.69) is 12.2 Å². The van der Waals surface area contributed by atoms with Gasteiger partial charge in [0.1, 0.15) is 13.2 Å². The third kappa shape index (κ3) is 2.51. The smallest absolute Gasteiger partial charge is 0.254 e. The average molecular weight is 262 g/mol. The molecular formula is C14H18N2O3. The lowest BCUT2D eigenvalue weighted by molar-refractivity contribution is 0.0708. The van der Waals surface area contributed by atoms with Crippen LogP contribution in [0.2, 0.25) is 0 Å². The number of carbonyl (C=O) groups is 1. The van der Waals surface area contributed by atoms with Gasteiger partial charge in [-0.2, -0.15) is 0 Å². The molecule has 2 heterocycles. The van der Waals surface area contributed by atoms with Gasteiger partial charge in [-0.3, -0.25) is 4.79 Å². The fraction of sp³-hybridized carbons (Fsp3) is 0.500. The third-order valence-corrected chi connectivity index (χ3v) is 3.45. The van der Waals surface area contributed by atoms with Crippen LogP contribution >= 0.6 is 0 Å². The van der Waals surface area contributed by atoms with Gasteiger partial charge in [0.2, 0.25) is 0 Å². The Morgan fingerprint density at radius 3 is 2.89 bits per heavy atom. The molecule has 0 bridgehead atoms. The van der Waals surface area contributed by atoms with E-state index in [0.29, 0.717) is 30.6 Å². The van der Waals surface area contributed by atoms with Crippen LogP contribution in [-0.2, 0) is 0 Å². The number of benzene rings is 1. The predicted molar refractivity (Wildman–Crippen MR) is 70.8 cm³/mol. The van der Waals surface area contributed by atoms with Crippen LogP contribution in [0.1, 0.15) is 17.3 Å². The number of nitrogens with zero attached hydrogens (tertiary/aromatic N) is 1. The molecule has 19 heavy (non-hydrogen) atoms. The van der Waals surface area contributed by atoms with Crippen molar-refractivity contribution >= 4 is 5.91 Å². The summed E-state index contributed by atoms with van der Waals surface area (Å²) in [5.41, 5.74) is 0.665. The van der Waals surface area contributed by atoms with Crippen LogP contribution in [0.3, 0.4) is 0 Å². The molecule has 3 rings (SSSR count). The first-order valence-corrected chi connectivity index (χ1v) is 6.66. The molecule has 1 saturated heterocycles. The maximum Gasteiger partial charge on any atom is 0.254 e. The number of carbonyl (C=O) groups excluding carboxylic acids is 1. The zero-order valence-corrected chi connectivity index (χ0v) is 11.0. The molecule has 0 radical (unpaired) electrons. The molecule has 5 heteroatoms. The van der Waals surface area contributed by atoms with Crippen molar-refractivity contribution in [3.8, 4) is 11.5 Å². The summed E-state index contributed by atoms with van der Waals surface area (Å²) in [5.74, 6) is 1.45. The van der Waals surface area contributed by atoms with Crippen molar-refractivity contribution in [2.75, 3.05) is 32.8 Å². The first-order valence-electron chi connectivity index (χ1n) is 6.66. The molecule has 1 unspecified atom stereocenters. The molecule has 1 fully saturated rings. The highest BCUT2D eigenvalue weighted by molar-refractivity contribution is 5.95. The van der Waals surface area contributed by atoms with Crippen LogP contribution in [0.5, 0.6) is 11.5 Å². The van der Waals surface area contributed by atoms with Gasteiger partial charge in [0.15, 0.2) is 11.5 Å². The highest BCUT2D eigenvalue weighted by atomic mass is 16.6. The van der Waals surface area contributed by atoms with Gasteiger partial charge in [0.05, 0.1) is 0 Å². The lowest BCUT2D eigenvalue weighted by Crippen LogP contribution is -2.51. The Hall–Kier alpha value is -1.75. The number of hydrogen-bond acceptors (Lipinski definition) is 4. The lowest BCUT2D eigenvalue weighted by Gasteiger charge is -2.32. The monoisotopic (exact) mass is 262 g/mol. The van der Waals surface area contributed by atoms with Gasteiger partial charge in [-0.05, 0) is 25.1 Å². The number of ether oxygens (including phenoxy) is 2. The Kier molecular flexibility index (Phi) is 3.29. The minimum Gasteiger partial charge on any atom is -0.486 e. The highest BCUT2D eigenvalue weighted by Crippen LogP contribution is 2.31. The standard InChI is InChI=1S/C14H18N2O3/c1-10-9-16(5-4-15-10)14(17)11-2-3-12-13(8-11)19-7-6-18-12/h2-3,8,10,15H,4-7,9H2,1H3. The molecule has 1 amide bonds.